The van der Waals surface area contributed by atoms with Gasteiger partial charge in [0, 0.05) is 11.6 Å². The van der Waals surface area contributed by atoms with Gasteiger partial charge >= 0.3 is 5.69 Å². The second-order valence-electron chi connectivity index (χ2n) is 4.10. The van der Waals surface area contributed by atoms with E-state index in [2.05, 4.69) is 0 Å². The molecule has 0 unspecified atom stereocenters. The van der Waals surface area contributed by atoms with Crippen LogP contribution in [0.3, 0.4) is 0 Å². The van der Waals surface area contributed by atoms with E-state index in [9.17, 15) is 14.5 Å². The molecule has 20 heavy (non-hydrogen) atoms. The third-order valence-electron chi connectivity index (χ3n) is 2.74. The van der Waals surface area contributed by atoms with E-state index in [0.717, 1.165) is 0 Å². The summed E-state index contributed by atoms with van der Waals surface area (Å²) in [4.78, 5) is 10.3. The highest BCUT2D eigenvalue weighted by Gasteiger charge is 2.16. The average molecular weight is 277 g/mol. The summed E-state index contributed by atoms with van der Waals surface area (Å²) in [5.74, 6) is -0.432. The fourth-order valence-electron chi connectivity index (χ4n) is 1.69. The molecule has 0 saturated heterocycles. The predicted octanol–water partition coefficient (Wildman–Crippen LogP) is 2.81. The van der Waals surface area contributed by atoms with Crippen molar-refractivity contribution in [3.05, 3.63) is 69.5 Å². The van der Waals surface area contributed by atoms with Gasteiger partial charge in [0.15, 0.2) is 5.75 Å². The molecule has 0 spiro atoms. The lowest BCUT2D eigenvalue weighted by Crippen LogP contribution is -2.01. The highest BCUT2D eigenvalue weighted by molar-refractivity contribution is 5.48. The number of aliphatic hydroxyl groups excluding tert-OH is 1. The summed E-state index contributed by atoms with van der Waals surface area (Å²) >= 11 is 0. The van der Waals surface area contributed by atoms with E-state index in [4.69, 9.17) is 9.84 Å². The number of nitrogens with zero attached hydrogens (tertiary/aromatic N) is 1. The summed E-state index contributed by atoms with van der Waals surface area (Å²) in [5, 5.41) is 19.9. The van der Waals surface area contributed by atoms with Gasteiger partial charge in [0.05, 0.1) is 11.5 Å². The molecule has 6 heteroatoms. The van der Waals surface area contributed by atoms with Crippen LogP contribution in [0.5, 0.6) is 5.75 Å². The van der Waals surface area contributed by atoms with Crippen LogP contribution >= 0.6 is 0 Å². The molecule has 5 nitrogen and oxygen atoms in total. The monoisotopic (exact) mass is 277 g/mol. The number of rotatable bonds is 5. The first-order chi connectivity index (χ1) is 9.61. The Morgan fingerprint density at radius 1 is 1.25 bits per heavy atom. The number of hydrogen-bond acceptors (Lipinski definition) is 4. The van der Waals surface area contributed by atoms with Crippen LogP contribution in [-0.4, -0.2) is 10.0 Å². The predicted molar refractivity (Wildman–Crippen MR) is 69.8 cm³/mol. The van der Waals surface area contributed by atoms with Gasteiger partial charge < -0.3 is 9.84 Å². The van der Waals surface area contributed by atoms with Gasteiger partial charge in [0.2, 0.25) is 0 Å². The average Bonchev–Trinajstić information content (AvgIpc) is 2.46. The maximum absolute atomic E-state index is 13.4. The quantitative estimate of drug-likeness (QED) is 0.673. The van der Waals surface area contributed by atoms with Gasteiger partial charge in [-0.05, 0) is 23.8 Å². The van der Waals surface area contributed by atoms with Crippen LogP contribution in [0.2, 0.25) is 0 Å². The van der Waals surface area contributed by atoms with Gasteiger partial charge in [-0.2, -0.15) is 0 Å². The number of ether oxygens (including phenoxy) is 1. The molecule has 0 aliphatic rings. The highest BCUT2D eigenvalue weighted by Crippen LogP contribution is 2.29. The molecule has 1 N–H and O–H groups in total. The van der Waals surface area contributed by atoms with Crippen LogP contribution < -0.4 is 4.74 Å². The molecular formula is C14H12FNO4. The zero-order valence-corrected chi connectivity index (χ0v) is 10.5. The van der Waals surface area contributed by atoms with Gasteiger partial charge in [-0.25, -0.2) is 4.39 Å². The first kappa shape index (κ1) is 14.0. The third kappa shape index (κ3) is 3.10. The molecule has 0 radical (unpaired) electrons. The van der Waals surface area contributed by atoms with Crippen molar-refractivity contribution < 1.29 is 19.2 Å². The molecule has 0 aromatic heterocycles. The van der Waals surface area contributed by atoms with Crippen LogP contribution in [0, 0.1) is 15.9 Å². The largest absolute Gasteiger partial charge is 0.482 e. The van der Waals surface area contributed by atoms with Gasteiger partial charge in [0.25, 0.3) is 0 Å². The van der Waals surface area contributed by atoms with Crippen molar-refractivity contribution in [3.8, 4) is 5.75 Å². The van der Waals surface area contributed by atoms with E-state index in [-0.39, 0.29) is 24.7 Å². The lowest BCUT2D eigenvalue weighted by Gasteiger charge is -2.08. The van der Waals surface area contributed by atoms with E-state index < -0.39 is 10.7 Å². The topological polar surface area (TPSA) is 72.6 Å². The SMILES string of the molecule is O=[N+]([O-])c1ccc(CO)cc1OCc1ccccc1F. The Labute approximate surface area is 114 Å². The highest BCUT2D eigenvalue weighted by atomic mass is 19.1. The lowest BCUT2D eigenvalue weighted by atomic mass is 10.2. The minimum Gasteiger partial charge on any atom is -0.482 e. The van der Waals surface area contributed by atoms with Crippen molar-refractivity contribution in [2.45, 2.75) is 13.2 Å². The molecule has 104 valence electrons. The Hall–Kier alpha value is -2.47. The van der Waals surface area contributed by atoms with Crippen molar-refractivity contribution >= 4 is 5.69 Å². The van der Waals surface area contributed by atoms with E-state index in [1.807, 2.05) is 0 Å². The molecule has 0 bridgehead atoms. The van der Waals surface area contributed by atoms with E-state index in [1.165, 1.54) is 30.3 Å². The van der Waals surface area contributed by atoms with Crippen molar-refractivity contribution in [1.29, 1.82) is 0 Å². The zero-order valence-electron chi connectivity index (χ0n) is 10.5. The molecule has 0 atom stereocenters. The number of benzene rings is 2. The fraction of sp³-hybridized carbons (Fsp3) is 0.143. The summed E-state index contributed by atoms with van der Waals surface area (Å²) in [6, 6.07) is 10.1. The molecule has 0 aliphatic heterocycles. The maximum Gasteiger partial charge on any atom is 0.310 e. The van der Waals surface area contributed by atoms with Crippen LogP contribution in [0.25, 0.3) is 0 Å². The second-order valence-corrected chi connectivity index (χ2v) is 4.10. The zero-order chi connectivity index (χ0) is 14.5. The maximum atomic E-state index is 13.4. The Balaban J connectivity index is 2.24. The summed E-state index contributed by atoms with van der Waals surface area (Å²) in [5.41, 5.74) is 0.564. The minimum absolute atomic E-state index is 0.00445. The van der Waals surface area contributed by atoms with Gasteiger partial charge in [-0.3, -0.25) is 10.1 Å². The third-order valence-corrected chi connectivity index (χ3v) is 2.74. The van der Waals surface area contributed by atoms with Crippen molar-refractivity contribution in [3.63, 3.8) is 0 Å². The summed E-state index contributed by atoms with van der Waals surface area (Å²) in [6.07, 6.45) is 0. The van der Waals surface area contributed by atoms with Gasteiger partial charge in [-0.1, -0.05) is 18.2 Å². The molecule has 0 heterocycles. The first-order valence-corrected chi connectivity index (χ1v) is 5.86. The van der Waals surface area contributed by atoms with E-state index in [0.29, 0.717) is 11.1 Å². The first-order valence-electron chi connectivity index (χ1n) is 5.86. The molecular weight excluding hydrogens is 265 g/mol. The Morgan fingerprint density at radius 2 is 2.00 bits per heavy atom. The van der Waals surface area contributed by atoms with E-state index >= 15 is 0 Å². The number of nitro benzene ring substituents is 1. The van der Waals surface area contributed by atoms with Gasteiger partial charge in [0.1, 0.15) is 12.4 Å². The Kier molecular flexibility index (Phi) is 4.27. The molecule has 2 rings (SSSR count). The van der Waals surface area contributed by atoms with Crippen molar-refractivity contribution in [1.82, 2.24) is 0 Å². The number of hydrogen-bond donors (Lipinski definition) is 1. The smallest absolute Gasteiger partial charge is 0.310 e. The second kappa shape index (κ2) is 6.12. The number of halogens is 1. The van der Waals surface area contributed by atoms with Crippen LogP contribution in [0.4, 0.5) is 10.1 Å². The normalized spacial score (nSPS) is 10.3. The molecule has 0 saturated carbocycles. The number of nitro groups is 1. The van der Waals surface area contributed by atoms with E-state index in [1.54, 1.807) is 12.1 Å². The van der Waals surface area contributed by atoms with Crippen molar-refractivity contribution in [2.24, 2.45) is 0 Å². The number of aliphatic hydroxyl groups is 1. The Morgan fingerprint density at radius 3 is 2.65 bits per heavy atom. The molecule has 0 amide bonds. The van der Waals surface area contributed by atoms with Crippen LogP contribution in [0.15, 0.2) is 42.5 Å². The Bertz CT molecular complexity index is 630. The molecule has 2 aromatic carbocycles. The van der Waals surface area contributed by atoms with Crippen LogP contribution in [-0.2, 0) is 13.2 Å². The van der Waals surface area contributed by atoms with Crippen molar-refractivity contribution in [2.75, 3.05) is 0 Å². The van der Waals surface area contributed by atoms with Crippen LogP contribution in [0.1, 0.15) is 11.1 Å². The standard InChI is InChI=1S/C14H12FNO4/c15-12-4-2-1-3-11(12)9-20-14-7-10(8-17)5-6-13(14)16(18)19/h1-7,17H,8-9H2. The molecule has 0 aliphatic carbocycles. The molecule has 2 aromatic rings. The molecule has 0 fully saturated rings. The lowest BCUT2D eigenvalue weighted by molar-refractivity contribution is -0.386. The summed E-state index contributed by atoms with van der Waals surface area (Å²) < 4.78 is 18.8. The summed E-state index contributed by atoms with van der Waals surface area (Å²) in [6.45, 7) is -0.379. The fourth-order valence-corrected chi connectivity index (χ4v) is 1.69. The summed E-state index contributed by atoms with van der Waals surface area (Å²) in [7, 11) is 0. The minimum atomic E-state index is -0.585. The van der Waals surface area contributed by atoms with Gasteiger partial charge in [-0.15, -0.1) is 0 Å².